The number of halogens is 1. The number of nitrogens with one attached hydrogen (secondary N) is 1. The second-order valence-electron chi connectivity index (χ2n) is 6.13. The highest BCUT2D eigenvalue weighted by Crippen LogP contribution is 2.21. The third-order valence-corrected chi connectivity index (χ3v) is 4.50. The minimum Gasteiger partial charge on any atom is -0.378 e. The Balaban J connectivity index is 1.87. The second kappa shape index (κ2) is 8.33. The number of nitrogens with zero attached hydrogens (tertiary/aromatic N) is 3. The molecule has 3 rings (SSSR count). The van der Waals surface area contributed by atoms with Crippen LogP contribution in [-0.2, 0) is 22.7 Å². The monoisotopic (exact) mass is 376 g/mol. The van der Waals surface area contributed by atoms with E-state index in [2.05, 4.69) is 10.3 Å². The molecule has 0 atom stereocenters. The van der Waals surface area contributed by atoms with Gasteiger partial charge in [-0.2, -0.15) is 0 Å². The maximum atomic E-state index is 12.6. The summed E-state index contributed by atoms with van der Waals surface area (Å²) in [5, 5.41) is 3.19. The zero-order chi connectivity index (χ0) is 18.5. The van der Waals surface area contributed by atoms with Gasteiger partial charge in [0, 0.05) is 26.3 Å². The molecule has 26 heavy (non-hydrogen) atoms. The summed E-state index contributed by atoms with van der Waals surface area (Å²) < 4.78 is 6.49. The fraction of sp³-hybridized carbons (Fsp3) is 0.389. The van der Waals surface area contributed by atoms with Gasteiger partial charge in [-0.3, -0.25) is 14.2 Å². The molecule has 0 spiro atoms. The Morgan fingerprint density at radius 2 is 2.04 bits per heavy atom. The molecule has 1 aliphatic rings. The Labute approximate surface area is 156 Å². The van der Waals surface area contributed by atoms with E-state index in [1.54, 1.807) is 31.4 Å². The standard InChI is InChI=1S/C18H21ClN4O3/c1-26-12-13-10-17(25)23(18(20-13)22-8-4-5-9-22)11-16(24)21-15-7-3-2-6-14(15)19/h2-3,6-7,10H,4-5,8-9,11-12H2,1H3,(H,21,24). The maximum absolute atomic E-state index is 12.6. The van der Waals surface area contributed by atoms with E-state index in [-0.39, 0.29) is 24.6 Å². The van der Waals surface area contributed by atoms with Gasteiger partial charge >= 0.3 is 0 Å². The number of anilines is 2. The number of hydrogen-bond donors (Lipinski definition) is 1. The van der Waals surface area contributed by atoms with Gasteiger partial charge in [0.25, 0.3) is 5.56 Å². The number of methoxy groups -OCH3 is 1. The van der Waals surface area contributed by atoms with Crippen LogP contribution in [0.1, 0.15) is 18.5 Å². The number of ether oxygens (including phenoxy) is 1. The van der Waals surface area contributed by atoms with Crippen LogP contribution < -0.4 is 15.8 Å². The lowest BCUT2D eigenvalue weighted by molar-refractivity contribution is -0.116. The van der Waals surface area contributed by atoms with Crippen LogP contribution in [0.2, 0.25) is 5.02 Å². The van der Waals surface area contributed by atoms with Crippen molar-refractivity contribution in [2.24, 2.45) is 0 Å². The molecule has 0 saturated carbocycles. The molecule has 0 bridgehead atoms. The minimum absolute atomic E-state index is 0.129. The van der Waals surface area contributed by atoms with Gasteiger partial charge in [0.1, 0.15) is 6.54 Å². The fourth-order valence-corrected chi connectivity index (χ4v) is 3.15. The summed E-state index contributed by atoms with van der Waals surface area (Å²) in [4.78, 5) is 31.6. The van der Waals surface area contributed by atoms with Crippen molar-refractivity contribution >= 4 is 29.1 Å². The third-order valence-electron chi connectivity index (χ3n) is 4.17. The first-order chi connectivity index (χ1) is 12.6. The van der Waals surface area contributed by atoms with Crippen molar-refractivity contribution < 1.29 is 9.53 Å². The lowest BCUT2D eigenvalue weighted by atomic mass is 10.3. The Morgan fingerprint density at radius 3 is 2.73 bits per heavy atom. The SMILES string of the molecule is COCc1cc(=O)n(CC(=O)Nc2ccccc2Cl)c(N2CCCC2)n1. The van der Waals surface area contributed by atoms with Crippen LogP contribution in [0.4, 0.5) is 11.6 Å². The third kappa shape index (κ3) is 4.23. The number of carbonyl (C=O) groups excluding carboxylic acids is 1. The zero-order valence-corrected chi connectivity index (χ0v) is 15.3. The first kappa shape index (κ1) is 18.4. The van der Waals surface area contributed by atoms with Gasteiger partial charge < -0.3 is 15.0 Å². The number of amides is 1. The summed E-state index contributed by atoms with van der Waals surface area (Å²) in [6.07, 6.45) is 2.08. The normalized spacial score (nSPS) is 13.8. The van der Waals surface area contributed by atoms with Gasteiger partial charge in [-0.05, 0) is 25.0 Å². The van der Waals surface area contributed by atoms with Crippen LogP contribution in [-0.4, -0.2) is 35.7 Å². The van der Waals surface area contributed by atoms with Crippen LogP contribution in [0.15, 0.2) is 35.1 Å². The van der Waals surface area contributed by atoms with E-state index in [9.17, 15) is 9.59 Å². The number of aromatic nitrogens is 2. The van der Waals surface area contributed by atoms with Crippen LogP contribution in [0.3, 0.4) is 0 Å². The van der Waals surface area contributed by atoms with Crippen LogP contribution >= 0.6 is 11.6 Å². The number of benzene rings is 1. The van der Waals surface area contributed by atoms with E-state index in [0.717, 1.165) is 25.9 Å². The van der Waals surface area contributed by atoms with Crippen molar-refractivity contribution in [2.75, 3.05) is 30.4 Å². The van der Waals surface area contributed by atoms with E-state index in [1.807, 2.05) is 4.90 Å². The summed E-state index contributed by atoms with van der Waals surface area (Å²) in [6, 6.07) is 8.38. The van der Waals surface area contributed by atoms with E-state index in [4.69, 9.17) is 16.3 Å². The predicted octanol–water partition coefficient (Wildman–Crippen LogP) is 2.28. The largest absolute Gasteiger partial charge is 0.378 e. The quantitative estimate of drug-likeness (QED) is 0.837. The molecule has 7 nitrogen and oxygen atoms in total. The number of rotatable bonds is 6. The van der Waals surface area contributed by atoms with E-state index < -0.39 is 0 Å². The summed E-state index contributed by atoms with van der Waals surface area (Å²) in [5.74, 6) is 0.179. The van der Waals surface area contributed by atoms with Gasteiger partial charge in [0.15, 0.2) is 0 Å². The highest BCUT2D eigenvalue weighted by atomic mass is 35.5. The molecular formula is C18H21ClN4O3. The average molecular weight is 377 g/mol. The summed E-state index contributed by atoms with van der Waals surface area (Å²) in [6.45, 7) is 1.75. The first-order valence-electron chi connectivity index (χ1n) is 8.47. The highest BCUT2D eigenvalue weighted by Gasteiger charge is 2.21. The van der Waals surface area contributed by atoms with E-state index in [1.165, 1.54) is 10.6 Å². The Hall–Kier alpha value is -2.38. The number of carbonyl (C=O) groups is 1. The molecule has 1 aromatic carbocycles. The van der Waals surface area contributed by atoms with Gasteiger partial charge in [0.2, 0.25) is 11.9 Å². The van der Waals surface area contributed by atoms with E-state index >= 15 is 0 Å². The van der Waals surface area contributed by atoms with Crippen molar-refractivity contribution in [1.29, 1.82) is 0 Å². The molecule has 1 aromatic heterocycles. The maximum Gasteiger partial charge on any atom is 0.255 e. The Bertz CT molecular complexity index is 847. The average Bonchev–Trinajstić information content (AvgIpc) is 3.14. The van der Waals surface area contributed by atoms with Crippen LogP contribution in [0.25, 0.3) is 0 Å². The molecule has 1 aliphatic heterocycles. The molecule has 0 aliphatic carbocycles. The predicted molar refractivity (Wildman–Crippen MR) is 101 cm³/mol. The molecule has 1 saturated heterocycles. The number of para-hydroxylation sites is 1. The molecule has 138 valence electrons. The van der Waals surface area contributed by atoms with Crippen molar-refractivity contribution in [1.82, 2.24) is 9.55 Å². The highest BCUT2D eigenvalue weighted by molar-refractivity contribution is 6.33. The van der Waals surface area contributed by atoms with Gasteiger partial charge in [-0.15, -0.1) is 0 Å². The van der Waals surface area contributed by atoms with Crippen molar-refractivity contribution in [3.63, 3.8) is 0 Å². The Morgan fingerprint density at radius 1 is 1.31 bits per heavy atom. The lowest BCUT2D eigenvalue weighted by Crippen LogP contribution is -2.35. The smallest absolute Gasteiger partial charge is 0.255 e. The summed E-state index contributed by atoms with van der Waals surface area (Å²) in [5.41, 5.74) is 0.796. The Kier molecular flexibility index (Phi) is 5.90. The molecule has 1 amide bonds. The minimum atomic E-state index is -0.332. The van der Waals surface area contributed by atoms with Crippen molar-refractivity contribution in [2.45, 2.75) is 26.0 Å². The molecule has 1 fully saturated rings. The van der Waals surface area contributed by atoms with Gasteiger partial charge in [-0.1, -0.05) is 23.7 Å². The molecule has 0 radical (unpaired) electrons. The first-order valence-corrected chi connectivity index (χ1v) is 8.85. The van der Waals surface area contributed by atoms with Crippen molar-refractivity contribution in [3.8, 4) is 0 Å². The molecule has 8 heteroatoms. The molecule has 0 unspecified atom stereocenters. The summed E-state index contributed by atoms with van der Waals surface area (Å²) in [7, 11) is 1.56. The lowest BCUT2D eigenvalue weighted by Gasteiger charge is -2.21. The van der Waals surface area contributed by atoms with Gasteiger partial charge in [0.05, 0.1) is 23.0 Å². The number of hydrogen-bond acceptors (Lipinski definition) is 5. The molecule has 2 aromatic rings. The second-order valence-corrected chi connectivity index (χ2v) is 6.53. The topological polar surface area (TPSA) is 76.5 Å². The van der Waals surface area contributed by atoms with E-state index in [0.29, 0.717) is 22.4 Å². The molecular weight excluding hydrogens is 356 g/mol. The fourth-order valence-electron chi connectivity index (χ4n) is 2.97. The summed E-state index contributed by atoms with van der Waals surface area (Å²) >= 11 is 6.08. The molecule has 1 N–H and O–H groups in total. The van der Waals surface area contributed by atoms with Crippen molar-refractivity contribution in [3.05, 3.63) is 51.4 Å². The van der Waals surface area contributed by atoms with Crippen LogP contribution in [0, 0.1) is 0 Å². The zero-order valence-electron chi connectivity index (χ0n) is 14.6. The van der Waals surface area contributed by atoms with Gasteiger partial charge in [-0.25, -0.2) is 4.98 Å². The van der Waals surface area contributed by atoms with Crippen LogP contribution in [0.5, 0.6) is 0 Å². The molecule has 2 heterocycles.